The molecule has 1 saturated carbocycles. The van der Waals surface area contributed by atoms with Gasteiger partial charge in [0.15, 0.2) is 11.6 Å². The van der Waals surface area contributed by atoms with E-state index in [1.807, 2.05) is 28.9 Å². The third-order valence-corrected chi connectivity index (χ3v) is 7.09. The van der Waals surface area contributed by atoms with Crippen LogP contribution >= 0.6 is 0 Å². The first kappa shape index (κ1) is 27.9. The maximum atomic E-state index is 13.3. The quantitative estimate of drug-likeness (QED) is 0.278. The molecule has 0 bridgehead atoms. The molecule has 1 heterocycles. The Morgan fingerprint density at radius 3 is 2.50 bits per heavy atom. The van der Waals surface area contributed by atoms with Crippen LogP contribution in [-0.2, 0) is 16.2 Å². The van der Waals surface area contributed by atoms with Crippen LogP contribution in [0, 0.1) is 0 Å². The van der Waals surface area contributed by atoms with Crippen LogP contribution in [-0.4, -0.2) is 54.3 Å². The Morgan fingerprint density at radius 2 is 1.92 bits per heavy atom. The molecule has 1 aliphatic carbocycles. The number of aromatic nitrogens is 3. The third kappa shape index (κ3) is 9.38. The van der Waals surface area contributed by atoms with Crippen LogP contribution in [0.15, 0.2) is 36.2 Å². The number of carbonyl (C=O) groups is 1. The lowest BCUT2D eigenvalue weighted by Gasteiger charge is -2.20. The minimum absolute atomic E-state index is 0.00140. The molecule has 0 spiro atoms. The van der Waals surface area contributed by atoms with E-state index < -0.39 is 19.8 Å². The van der Waals surface area contributed by atoms with Gasteiger partial charge in [-0.15, -0.1) is 0 Å². The topological polar surface area (TPSA) is 87.5 Å². The Balaban J connectivity index is 1.57. The zero-order valence-electron chi connectivity index (χ0n) is 22.3. The fourth-order valence-electron chi connectivity index (χ4n) is 3.20. The van der Waals surface area contributed by atoms with E-state index >= 15 is 0 Å². The second kappa shape index (κ2) is 12.0. The number of alkyl carbamates (subject to hydrolysis) is 1. The Kier molecular flexibility index (Phi) is 9.29. The van der Waals surface area contributed by atoms with Crippen molar-refractivity contribution < 1.29 is 23.4 Å². The van der Waals surface area contributed by atoms with E-state index in [1.165, 1.54) is 0 Å². The normalized spacial score (nSPS) is 14.6. The molecule has 3 rings (SSSR count). The van der Waals surface area contributed by atoms with Crippen LogP contribution in [0.4, 0.5) is 9.18 Å². The van der Waals surface area contributed by atoms with Gasteiger partial charge in [-0.25, -0.2) is 18.9 Å². The van der Waals surface area contributed by atoms with Crippen LogP contribution in [0.2, 0.25) is 25.7 Å². The summed E-state index contributed by atoms with van der Waals surface area (Å²) >= 11 is 0. The summed E-state index contributed by atoms with van der Waals surface area (Å²) in [5.74, 6) is 2.65. The summed E-state index contributed by atoms with van der Waals surface area (Å²) in [5.41, 5.74) is 0.573. The summed E-state index contributed by atoms with van der Waals surface area (Å²) in [4.78, 5) is 16.6. The number of nitrogens with one attached hydrogen (secondary N) is 1. The monoisotopic (exact) mass is 518 g/mol. The second-order valence-corrected chi connectivity index (χ2v) is 17.0. The first-order valence-corrected chi connectivity index (χ1v) is 16.1. The molecular formula is C26H39FN4O4Si. The first-order chi connectivity index (χ1) is 16.9. The Morgan fingerprint density at radius 1 is 1.22 bits per heavy atom. The number of hydrogen-bond donors (Lipinski definition) is 1. The van der Waals surface area contributed by atoms with Crippen molar-refractivity contribution in [1.82, 2.24) is 20.1 Å². The number of nitrogens with zero attached hydrogens (tertiary/aromatic N) is 3. The number of carbonyl (C=O) groups excluding carboxylic acids is 1. The average Bonchev–Trinajstić information content (AvgIpc) is 3.55. The molecule has 1 aromatic heterocycles. The molecule has 1 aromatic carbocycles. The molecule has 1 aliphatic rings. The largest absolute Gasteiger partial charge is 0.489 e. The summed E-state index contributed by atoms with van der Waals surface area (Å²) in [6, 6.07) is 8.54. The predicted molar refractivity (Wildman–Crippen MR) is 140 cm³/mol. The van der Waals surface area contributed by atoms with E-state index in [4.69, 9.17) is 24.3 Å². The van der Waals surface area contributed by atoms with Gasteiger partial charge in [-0.05, 0) is 63.9 Å². The van der Waals surface area contributed by atoms with E-state index in [0.29, 0.717) is 31.3 Å². The molecule has 0 aliphatic heterocycles. The van der Waals surface area contributed by atoms with Crippen LogP contribution in [0.25, 0.3) is 11.4 Å². The summed E-state index contributed by atoms with van der Waals surface area (Å²) in [6.45, 7) is 13.4. The highest BCUT2D eigenvalue weighted by atomic mass is 28.3. The number of halogens is 1. The van der Waals surface area contributed by atoms with Crippen LogP contribution in [0.1, 0.15) is 45.4 Å². The highest BCUT2D eigenvalue weighted by molar-refractivity contribution is 6.76. The molecule has 36 heavy (non-hydrogen) atoms. The zero-order valence-corrected chi connectivity index (χ0v) is 23.3. The van der Waals surface area contributed by atoms with Gasteiger partial charge in [-0.1, -0.05) is 19.6 Å². The zero-order chi connectivity index (χ0) is 26.3. The van der Waals surface area contributed by atoms with Crippen molar-refractivity contribution in [1.29, 1.82) is 0 Å². The summed E-state index contributed by atoms with van der Waals surface area (Å²) in [6.07, 6.45) is 2.08. The molecular weight excluding hydrogens is 479 g/mol. The maximum absolute atomic E-state index is 13.3. The van der Waals surface area contributed by atoms with Gasteiger partial charge < -0.3 is 19.5 Å². The first-order valence-electron chi connectivity index (χ1n) is 12.4. The molecule has 1 amide bonds. The van der Waals surface area contributed by atoms with Crippen LogP contribution < -0.4 is 10.1 Å². The molecule has 1 fully saturated rings. The highest BCUT2D eigenvalue weighted by Gasteiger charge is 2.29. The van der Waals surface area contributed by atoms with Gasteiger partial charge in [0, 0.05) is 38.3 Å². The molecule has 2 aromatic rings. The van der Waals surface area contributed by atoms with Gasteiger partial charge in [0.05, 0.1) is 6.33 Å². The molecule has 198 valence electrons. The second-order valence-electron chi connectivity index (χ2n) is 11.4. The van der Waals surface area contributed by atoms with Gasteiger partial charge in [-0.2, -0.15) is 5.10 Å². The van der Waals surface area contributed by atoms with Crippen molar-refractivity contribution in [2.45, 2.75) is 77.5 Å². The molecule has 0 unspecified atom stereocenters. The minimum Gasteiger partial charge on any atom is -0.489 e. The standard InChI is InChI=1S/C26H39FN4O4Si/c1-26(2,3)35-25(32)28-16-19(15-27)17-34-22-11-9-21(10-12-22)24-29-23(20-7-8-20)30-31(24)18-33-13-14-36(4,5)6/h9-12,15,20H,7-8,13-14,16-18H2,1-6H3,(H,28,32)/b19-15+. The van der Waals surface area contributed by atoms with Crippen molar-refractivity contribution in [2.75, 3.05) is 19.8 Å². The molecule has 1 N–H and O–H groups in total. The van der Waals surface area contributed by atoms with Gasteiger partial charge >= 0.3 is 6.09 Å². The highest BCUT2D eigenvalue weighted by Crippen LogP contribution is 2.39. The number of amides is 1. The van der Waals surface area contributed by atoms with Crippen molar-refractivity contribution in [3.05, 3.63) is 42.0 Å². The van der Waals surface area contributed by atoms with Gasteiger partial charge in [0.25, 0.3) is 0 Å². The lowest BCUT2D eigenvalue weighted by atomic mass is 10.2. The molecule has 0 radical (unpaired) electrons. The van der Waals surface area contributed by atoms with Crippen LogP contribution in [0.3, 0.4) is 0 Å². The number of benzene rings is 1. The van der Waals surface area contributed by atoms with E-state index in [9.17, 15) is 9.18 Å². The fourth-order valence-corrected chi connectivity index (χ4v) is 3.96. The summed E-state index contributed by atoms with van der Waals surface area (Å²) in [5, 5.41) is 7.23. The van der Waals surface area contributed by atoms with Crippen molar-refractivity contribution in [3.8, 4) is 17.1 Å². The molecule has 0 atom stereocenters. The Labute approximate surface area is 214 Å². The van der Waals surface area contributed by atoms with Crippen molar-refractivity contribution >= 4 is 14.2 Å². The lowest BCUT2D eigenvalue weighted by molar-refractivity contribution is 0.0531. The maximum Gasteiger partial charge on any atom is 0.407 e. The number of ether oxygens (including phenoxy) is 3. The number of rotatable bonds is 12. The Bertz CT molecular complexity index is 1040. The van der Waals surface area contributed by atoms with Crippen molar-refractivity contribution in [2.24, 2.45) is 0 Å². The van der Waals surface area contributed by atoms with E-state index in [0.717, 1.165) is 36.1 Å². The summed E-state index contributed by atoms with van der Waals surface area (Å²) in [7, 11) is -1.16. The van der Waals surface area contributed by atoms with Gasteiger partial charge in [-0.3, -0.25) is 0 Å². The van der Waals surface area contributed by atoms with E-state index in [-0.39, 0.29) is 18.7 Å². The number of hydrogen-bond acceptors (Lipinski definition) is 6. The summed E-state index contributed by atoms with van der Waals surface area (Å²) < 4.78 is 31.9. The fraction of sp³-hybridized carbons (Fsp3) is 0.577. The minimum atomic E-state index is -1.16. The van der Waals surface area contributed by atoms with Crippen LogP contribution in [0.5, 0.6) is 5.75 Å². The predicted octanol–water partition coefficient (Wildman–Crippen LogP) is 5.89. The van der Waals surface area contributed by atoms with Gasteiger partial charge in [0.2, 0.25) is 0 Å². The third-order valence-electron chi connectivity index (χ3n) is 5.39. The van der Waals surface area contributed by atoms with E-state index in [1.54, 1.807) is 20.8 Å². The molecule has 10 heteroatoms. The smallest absolute Gasteiger partial charge is 0.407 e. The Hall–Kier alpha value is -2.72. The molecule has 8 nitrogen and oxygen atoms in total. The lowest BCUT2D eigenvalue weighted by Crippen LogP contribution is -2.34. The SMILES string of the molecule is CC(C)(C)OC(=O)NC/C(=C\F)COc1ccc(-c2nc(C3CC3)nn2COCC[Si](C)(C)C)cc1. The average molecular weight is 519 g/mol. The van der Waals surface area contributed by atoms with E-state index in [2.05, 4.69) is 25.0 Å². The van der Waals surface area contributed by atoms with Gasteiger partial charge in [0.1, 0.15) is 24.7 Å². The van der Waals surface area contributed by atoms with Crippen molar-refractivity contribution in [3.63, 3.8) is 0 Å². The molecule has 0 saturated heterocycles.